The van der Waals surface area contributed by atoms with Gasteiger partial charge in [-0.2, -0.15) is 0 Å². The Morgan fingerprint density at radius 1 is 1.20 bits per heavy atom. The fourth-order valence-corrected chi connectivity index (χ4v) is 3.47. The molecule has 0 spiro atoms. The highest BCUT2D eigenvalue weighted by Crippen LogP contribution is 2.23. The summed E-state index contributed by atoms with van der Waals surface area (Å²) in [6.07, 6.45) is 1.89. The van der Waals surface area contributed by atoms with Gasteiger partial charge in [0, 0.05) is 4.92 Å². The zero-order chi connectivity index (χ0) is 15.3. The molecule has 0 heterocycles. The lowest BCUT2D eigenvalue weighted by atomic mass is 10.1. The summed E-state index contributed by atoms with van der Waals surface area (Å²) < 4.78 is 24.6. The lowest BCUT2D eigenvalue weighted by Gasteiger charge is -2.14. The van der Waals surface area contributed by atoms with Gasteiger partial charge in [0.05, 0.1) is 16.9 Å². The number of hydrogen-bond donors (Lipinski definition) is 1. The third kappa shape index (κ3) is 3.88. The van der Waals surface area contributed by atoms with Crippen LogP contribution in [0, 0.1) is 16.0 Å². The molecule has 110 valence electrons. The lowest BCUT2D eigenvalue weighted by molar-refractivity contribution is -0.503. The van der Waals surface area contributed by atoms with Crippen LogP contribution in [0.3, 0.4) is 0 Å². The van der Waals surface area contributed by atoms with E-state index in [1.807, 2.05) is 0 Å². The second kappa shape index (κ2) is 6.62. The number of sulfone groups is 1. The molecule has 1 rings (SSSR count). The maximum atomic E-state index is 12.3. The molecule has 0 fully saturated rings. The van der Waals surface area contributed by atoms with Gasteiger partial charge >= 0.3 is 5.37 Å². The van der Waals surface area contributed by atoms with Gasteiger partial charge in [-0.1, -0.05) is 37.3 Å². The molecule has 1 aromatic carbocycles. The predicted molar refractivity (Wildman–Crippen MR) is 74.4 cm³/mol. The van der Waals surface area contributed by atoms with E-state index in [-0.39, 0.29) is 4.90 Å². The number of aliphatic hydroxyl groups is 1. The van der Waals surface area contributed by atoms with Crippen LogP contribution >= 0.6 is 0 Å². The van der Waals surface area contributed by atoms with Gasteiger partial charge in [0.1, 0.15) is 0 Å². The van der Waals surface area contributed by atoms with E-state index in [1.54, 1.807) is 6.07 Å². The molecular weight excluding hydrogens is 282 g/mol. The quantitative estimate of drug-likeness (QED) is 0.489. The smallest absolute Gasteiger partial charge is 0.320 e. The van der Waals surface area contributed by atoms with E-state index in [4.69, 9.17) is 5.11 Å². The van der Waals surface area contributed by atoms with Gasteiger partial charge in [0.25, 0.3) is 0 Å². The number of rotatable bonds is 6. The summed E-state index contributed by atoms with van der Waals surface area (Å²) in [6, 6.07) is 7.32. The van der Waals surface area contributed by atoms with Crippen LogP contribution in [0.1, 0.15) is 13.8 Å². The number of nitrogens with zero attached hydrogens (tertiary/aromatic N) is 1. The van der Waals surface area contributed by atoms with Crippen molar-refractivity contribution >= 4 is 9.84 Å². The summed E-state index contributed by atoms with van der Waals surface area (Å²) in [4.78, 5) is 10.2. The Labute approximate surface area is 117 Å². The molecule has 0 aliphatic carbocycles. The van der Waals surface area contributed by atoms with E-state index < -0.39 is 32.2 Å². The van der Waals surface area contributed by atoms with E-state index in [2.05, 4.69) is 0 Å². The van der Waals surface area contributed by atoms with E-state index in [1.165, 1.54) is 50.3 Å². The fourth-order valence-electron chi connectivity index (χ4n) is 1.77. The molecule has 1 unspecified atom stereocenters. The van der Waals surface area contributed by atoms with Crippen molar-refractivity contribution in [1.29, 1.82) is 0 Å². The second-order valence-corrected chi connectivity index (χ2v) is 6.56. The highest BCUT2D eigenvalue weighted by atomic mass is 32.2. The van der Waals surface area contributed by atoms with E-state index in [9.17, 15) is 18.5 Å². The Morgan fingerprint density at radius 2 is 1.75 bits per heavy atom. The Kier molecular flexibility index (Phi) is 5.41. The SMILES string of the molecule is C[C@H](O)/C=C/[C@@H](C)C([N+](=O)[O-])S(=O)(=O)c1ccccc1. The second-order valence-electron chi connectivity index (χ2n) is 4.52. The standard InChI is InChI=1S/C13H17NO5S/c1-10(8-9-11(2)15)13(14(16)17)20(18,19)12-6-4-3-5-7-12/h3-11,13,15H,1-2H3/b9-8+/t10-,11+,13?/m1/s1. The summed E-state index contributed by atoms with van der Waals surface area (Å²) >= 11 is 0. The van der Waals surface area contributed by atoms with Gasteiger partial charge in [-0.25, -0.2) is 8.42 Å². The van der Waals surface area contributed by atoms with Crippen molar-refractivity contribution in [3.63, 3.8) is 0 Å². The van der Waals surface area contributed by atoms with Crippen molar-refractivity contribution in [1.82, 2.24) is 0 Å². The molecule has 20 heavy (non-hydrogen) atoms. The van der Waals surface area contributed by atoms with Gasteiger partial charge in [-0.05, 0) is 19.1 Å². The summed E-state index contributed by atoms with van der Waals surface area (Å²) in [5, 5.41) is 18.5. The minimum absolute atomic E-state index is 0.0843. The van der Waals surface area contributed by atoms with Crippen LogP contribution in [0.15, 0.2) is 47.4 Å². The monoisotopic (exact) mass is 299 g/mol. The van der Waals surface area contributed by atoms with Gasteiger partial charge in [0.2, 0.25) is 9.84 Å². The van der Waals surface area contributed by atoms with Crippen molar-refractivity contribution in [2.45, 2.75) is 30.2 Å². The minimum atomic E-state index is -4.08. The number of benzene rings is 1. The molecule has 0 amide bonds. The number of nitro groups is 1. The van der Waals surface area contributed by atoms with Crippen LogP contribution in [0.5, 0.6) is 0 Å². The first-order valence-corrected chi connectivity index (χ1v) is 7.60. The molecule has 0 aromatic heterocycles. The molecule has 7 heteroatoms. The zero-order valence-corrected chi connectivity index (χ0v) is 12.0. The van der Waals surface area contributed by atoms with Crippen LogP contribution in [0.2, 0.25) is 0 Å². The molecule has 0 saturated carbocycles. The average Bonchev–Trinajstić information content (AvgIpc) is 2.36. The molecule has 0 radical (unpaired) electrons. The van der Waals surface area contributed by atoms with Crippen molar-refractivity contribution in [3.05, 3.63) is 52.6 Å². The third-order valence-electron chi connectivity index (χ3n) is 2.74. The van der Waals surface area contributed by atoms with Crippen LogP contribution in [-0.4, -0.2) is 29.9 Å². The molecule has 3 atom stereocenters. The molecule has 1 aromatic rings. The largest absolute Gasteiger partial charge is 0.389 e. The first kappa shape index (κ1) is 16.3. The zero-order valence-electron chi connectivity index (χ0n) is 11.2. The number of aliphatic hydroxyl groups excluding tert-OH is 1. The molecular formula is C13H17NO5S. The van der Waals surface area contributed by atoms with E-state index in [0.29, 0.717) is 0 Å². The van der Waals surface area contributed by atoms with Gasteiger partial charge in [-0.3, -0.25) is 10.1 Å². The first-order valence-electron chi connectivity index (χ1n) is 6.05. The Bertz CT molecular complexity index is 580. The van der Waals surface area contributed by atoms with Crippen LogP contribution in [0.4, 0.5) is 0 Å². The Morgan fingerprint density at radius 3 is 2.20 bits per heavy atom. The van der Waals surface area contributed by atoms with Crippen LogP contribution < -0.4 is 0 Å². The highest BCUT2D eigenvalue weighted by molar-refractivity contribution is 7.91. The van der Waals surface area contributed by atoms with Crippen LogP contribution in [0.25, 0.3) is 0 Å². The minimum Gasteiger partial charge on any atom is -0.389 e. The lowest BCUT2D eigenvalue weighted by Crippen LogP contribution is -2.35. The van der Waals surface area contributed by atoms with Crippen molar-refractivity contribution < 1.29 is 18.4 Å². The maximum Gasteiger partial charge on any atom is 0.320 e. The van der Waals surface area contributed by atoms with Crippen molar-refractivity contribution in [3.8, 4) is 0 Å². The van der Waals surface area contributed by atoms with Gasteiger partial charge < -0.3 is 5.11 Å². The molecule has 6 nitrogen and oxygen atoms in total. The van der Waals surface area contributed by atoms with Crippen molar-refractivity contribution in [2.75, 3.05) is 0 Å². The van der Waals surface area contributed by atoms with Crippen molar-refractivity contribution in [2.24, 2.45) is 5.92 Å². The molecule has 0 aliphatic heterocycles. The summed E-state index contributed by atoms with van der Waals surface area (Å²) in [5.74, 6) is -0.857. The molecule has 1 N–H and O–H groups in total. The van der Waals surface area contributed by atoms with Gasteiger partial charge in [0.15, 0.2) is 0 Å². The average molecular weight is 299 g/mol. The Balaban J connectivity index is 3.18. The number of hydrogen-bond acceptors (Lipinski definition) is 5. The fraction of sp³-hybridized carbons (Fsp3) is 0.385. The summed E-state index contributed by atoms with van der Waals surface area (Å²) in [5.41, 5.74) is 0. The normalized spacial score (nSPS) is 16.8. The maximum absolute atomic E-state index is 12.3. The van der Waals surface area contributed by atoms with E-state index >= 15 is 0 Å². The predicted octanol–water partition coefficient (Wildman–Crippen LogP) is 1.64. The Hall–Kier alpha value is -1.73. The molecule has 0 saturated heterocycles. The highest BCUT2D eigenvalue weighted by Gasteiger charge is 2.41. The topological polar surface area (TPSA) is 97.5 Å². The van der Waals surface area contributed by atoms with Gasteiger partial charge in [-0.15, -0.1) is 0 Å². The third-order valence-corrected chi connectivity index (χ3v) is 4.91. The summed E-state index contributed by atoms with van der Waals surface area (Å²) in [7, 11) is -4.08. The molecule has 0 aliphatic rings. The first-order chi connectivity index (χ1) is 9.26. The molecule has 0 bridgehead atoms. The van der Waals surface area contributed by atoms with Crippen LogP contribution in [-0.2, 0) is 9.84 Å². The summed E-state index contributed by atoms with van der Waals surface area (Å²) in [6.45, 7) is 2.92. The van der Waals surface area contributed by atoms with E-state index in [0.717, 1.165) is 0 Å².